The first kappa shape index (κ1) is 26.9. The van der Waals surface area contributed by atoms with E-state index in [9.17, 15) is 19.4 Å². The number of aromatic nitrogens is 4. The average molecular weight is 622 g/mol. The molecule has 4 aromatic rings. The molecular formula is C26H28FIN4O5. The second-order valence-electron chi connectivity index (χ2n) is 9.08. The van der Waals surface area contributed by atoms with Crippen LogP contribution in [-0.2, 0) is 0 Å². The highest BCUT2D eigenvalue weighted by atomic mass is 127. The zero-order valence-electron chi connectivity index (χ0n) is 20.5. The molecule has 0 aliphatic heterocycles. The molecule has 0 saturated heterocycles. The minimum Gasteiger partial charge on any atom is -0.493 e. The fraction of sp³-hybridized carbons (Fsp3) is 0.308. The SMILES string of the molecule is Cc1[nH]c([C@@H](C(C)C)n2c(O)c(-c3ccc(OC[C@H](O)CO)cc3)[nH]c2=O)nc1-c1ccc(I)cc1F. The van der Waals surface area contributed by atoms with Gasteiger partial charge in [-0.15, -0.1) is 0 Å². The summed E-state index contributed by atoms with van der Waals surface area (Å²) in [5.74, 6) is 0.0787. The van der Waals surface area contributed by atoms with Crippen molar-refractivity contribution in [3.05, 3.63) is 73.9 Å². The lowest BCUT2D eigenvalue weighted by molar-refractivity contribution is 0.0536. The molecule has 2 aromatic carbocycles. The van der Waals surface area contributed by atoms with Crippen molar-refractivity contribution in [3.8, 4) is 34.1 Å². The molecule has 0 bridgehead atoms. The van der Waals surface area contributed by atoms with Crippen molar-refractivity contribution < 1.29 is 24.4 Å². The lowest BCUT2D eigenvalue weighted by Crippen LogP contribution is -2.27. The Bertz CT molecular complexity index is 1440. The second kappa shape index (κ2) is 11.1. The van der Waals surface area contributed by atoms with E-state index in [0.717, 1.165) is 3.57 Å². The Morgan fingerprint density at radius 3 is 2.49 bits per heavy atom. The zero-order chi connectivity index (χ0) is 26.9. The van der Waals surface area contributed by atoms with Crippen molar-refractivity contribution in [2.24, 2.45) is 5.92 Å². The zero-order valence-corrected chi connectivity index (χ0v) is 22.7. The summed E-state index contributed by atoms with van der Waals surface area (Å²) in [4.78, 5) is 23.6. The topological polar surface area (TPSA) is 136 Å². The van der Waals surface area contributed by atoms with Crippen LogP contribution in [0.5, 0.6) is 11.6 Å². The molecule has 9 nitrogen and oxygen atoms in total. The maximum atomic E-state index is 14.7. The van der Waals surface area contributed by atoms with Gasteiger partial charge < -0.3 is 30.0 Å². The fourth-order valence-corrected chi connectivity index (χ4v) is 4.62. The number of aromatic hydroxyl groups is 1. The van der Waals surface area contributed by atoms with Gasteiger partial charge in [-0.1, -0.05) is 13.8 Å². The Hall–Kier alpha value is -3.16. The predicted octanol–water partition coefficient (Wildman–Crippen LogP) is 3.97. The number of H-pyrrole nitrogens is 2. The molecule has 0 spiro atoms. The van der Waals surface area contributed by atoms with Gasteiger partial charge in [-0.3, -0.25) is 4.57 Å². The van der Waals surface area contributed by atoms with Crippen LogP contribution in [0.15, 0.2) is 47.3 Å². The monoisotopic (exact) mass is 622 g/mol. The van der Waals surface area contributed by atoms with E-state index in [1.807, 2.05) is 36.4 Å². The van der Waals surface area contributed by atoms with Gasteiger partial charge in [0, 0.05) is 20.4 Å². The Kier molecular flexibility index (Phi) is 8.05. The molecule has 0 saturated carbocycles. The molecule has 196 valence electrons. The van der Waals surface area contributed by atoms with E-state index < -0.39 is 30.3 Å². The van der Waals surface area contributed by atoms with E-state index in [0.29, 0.717) is 34.1 Å². The number of hydrogen-bond donors (Lipinski definition) is 5. The van der Waals surface area contributed by atoms with Crippen molar-refractivity contribution in [3.63, 3.8) is 0 Å². The Morgan fingerprint density at radius 1 is 1.16 bits per heavy atom. The van der Waals surface area contributed by atoms with Gasteiger partial charge >= 0.3 is 5.69 Å². The third-order valence-electron chi connectivity index (χ3n) is 5.98. The molecule has 0 amide bonds. The van der Waals surface area contributed by atoms with E-state index in [4.69, 9.17) is 9.84 Å². The first-order chi connectivity index (χ1) is 17.6. The third-order valence-corrected chi connectivity index (χ3v) is 6.65. The summed E-state index contributed by atoms with van der Waals surface area (Å²) in [5.41, 5.74) is 1.69. The number of nitrogens with one attached hydrogen (secondary N) is 2. The van der Waals surface area contributed by atoms with Crippen molar-refractivity contribution in [2.75, 3.05) is 13.2 Å². The van der Waals surface area contributed by atoms with Crippen LogP contribution in [0.2, 0.25) is 0 Å². The number of aliphatic hydroxyl groups excluding tert-OH is 2. The van der Waals surface area contributed by atoms with Gasteiger partial charge in [0.2, 0.25) is 5.88 Å². The van der Waals surface area contributed by atoms with Crippen LogP contribution in [0.1, 0.15) is 31.4 Å². The van der Waals surface area contributed by atoms with Crippen LogP contribution in [0.3, 0.4) is 0 Å². The highest BCUT2D eigenvalue weighted by Gasteiger charge is 2.29. The Labute approximate surface area is 226 Å². The first-order valence-corrected chi connectivity index (χ1v) is 12.8. The number of nitrogens with zero attached hydrogens (tertiary/aromatic N) is 2. The minimum absolute atomic E-state index is 0.0684. The molecular weight excluding hydrogens is 594 g/mol. The van der Waals surface area contributed by atoms with Gasteiger partial charge in [0.15, 0.2) is 0 Å². The van der Waals surface area contributed by atoms with Crippen molar-refractivity contribution in [1.82, 2.24) is 19.5 Å². The van der Waals surface area contributed by atoms with Gasteiger partial charge in [-0.05, 0) is 77.9 Å². The Morgan fingerprint density at radius 2 is 1.86 bits per heavy atom. The largest absolute Gasteiger partial charge is 0.493 e. The maximum absolute atomic E-state index is 14.7. The second-order valence-corrected chi connectivity index (χ2v) is 10.3. The number of halogens is 2. The van der Waals surface area contributed by atoms with Gasteiger partial charge in [0.25, 0.3) is 0 Å². The molecule has 5 N–H and O–H groups in total. The van der Waals surface area contributed by atoms with E-state index >= 15 is 0 Å². The summed E-state index contributed by atoms with van der Waals surface area (Å²) in [6, 6.07) is 10.8. The number of benzene rings is 2. The molecule has 0 radical (unpaired) electrons. The first-order valence-electron chi connectivity index (χ1n) is 11.7. The molecule has 37 heavy (non-hydrogen) atoms. The molecule has 0 fully saturated rings. The number of aryl methyl sites for hydroxylation is 1. The van der Waals surface area contributed by atoms with E-state index in [2.05, 4.69) is 15.0 Å². The number of rotatable bonds is 9. The molecule has 0 unspecified atom stereocenters. The number of imidazole rings is 2. The smallest absolute Gasteiger partial charge is 0.329 e. The van der Waals surface area contributed by atoms with Crippen LogP contribution in [0.4, 0.5) is 4.39 Å². The minimum atomic E-state index is -0.991. The van der Waals surface area contributed by atoms with Crippen LogP contribution in [0.25, 0.3) is 22.5 Å². The highest BCUT2D eigenvalue weighted by molar-refractivity contribution is 14.1. The van der Waals surface area contributed by atoms with Gasteiger partial charge in [-0.25, -0.2) is 14.2 Å². The lowest BCUT2D eigenvalue weighted by atomic mass is 10.0. The van der Waals surface area contributed by atoms with Crippen molar-refractivity contribution in [1.29, 1.82) is 0 Å². The quantitative estimate of drug-likeness (QED) is 0.179. The lowest BCUT2D eigenvalue weighted by Gasteiger charge is -2.20. The van der Waals surface area contributed by atoms with Crippen LogP contribution < -0.4 is 10.4 Å². The summed E-state index contributed by atoms with van der Waals surface area (Å²) < 4.78 is 22.1. The average Bonchev–Trinajstić information content (AvgIpc) is 3.37. The number of ether oxygens (including phenoxy) is 1. The summed E-state index contributed by atoms with van der Waals surface area (Å²) in [5, 5.41) is 29.5. The van der Waals surface area contributed by atoms with Crippen LogP contribution in [-0.4, -0.2) is 54.2 Å². The summed E-state index contributed by atoms with van der Waals surface area (Å²) in [6.45, 7) is 5.11. The van der Waals surface area contributed by atoms with Gasteiger partial charge in [0.1, 0.15) is 41.8 Å². The maximum Gasteiger partial charge on any atom is 0.329 e. The summed E-state index contributed by atoms with van der Waals surface area (Å²) in [6.07, 6.45) is -0.991. The molecule has 2 atom stereocenters. The highest BCUT2D eigenvalue weighted by Crippen LogP contribution is 2.35. The van der Waals surface area contributed by atoms with Crippen LogP contribution in [0, 0.1) is 22.2 Å². The van der Waals surface area contributed by atoms with Crippen molar-refractivity contribution >= 4 is 22.6 Å². The molecule has 0 aliphatic carbocycles. The normalized spacial score (nSPS) is 13.2. The number of hydrogen-bond acceptors (Lipinski definition) is 6. The molecule has 2 heterocycles. The van der Waals surface area contributed by atoms with E-state index in [-0.39, 0.29) is 24.1 Å². The molecule has 2 aromatic heterocycles. The Balaban J connectivity index is 1.69. The number of aromatic amines is 2. The predicted molar refractivity (Wildman–Crippen MR) is 145 cm³/mol. The molecule has 4 rings (SSSR count). The van der Waals surface area contributed by atoms with E-state index in [1.54, 1.807) is 43.3 Å². The van der Waals surface area contributed by atoms with Crippen molar-refractivity contribution in [2.45, 2.75) is 32.9 Å². The van der Waals surface area contributed by atoms with E-state index in [1.165, 1.54) is 10.6 Å². The fourth-order valence-electron chi connectivity index (χ4n) is 4.17. The summed E-state index contributed by atoms with van der Waals surface area (Å²) >= 11 is 2.04. The summed E-state index contributed by atoms with van der Waals surface area (Å²) in [7, 11) is 0. The third kappa shape index (κ3) is 5.58. The molecule has 0 aliphatic rings. The number of aliphatic hydroxyl groups is 2. The van der Waals surface area contributed by atoms with Gasteiger partial charge in [-0.2, -0.15) is 0 Å². The standard InChI is InChI=1S/C26H28FIN4O5/c1-13(2)23(24-29-14(3)21(30-24)19-9-6-16(28)10-20(19)27)32-25(35)22(31-26(32)36)15-4-7-18(8-5-15)37-12-17(34)11-33/h4-10,13,17,23,33-35H,11-12H2,1-3H3,(H,29,30)(H,31,36)/t17-,23-/m1/s1. The van der Waals surface area contributed by atoms with Gasteiger partial charge in [0.05, 0.1) is 12.3 Å². The van der Waals surface area contributed by atoms with Crippen LogP contribution >= 0.6 is 22.6 Å². The molecule has 11 heteroatoms.